The molecule has 1 aliphatic heterocycles. The molecule has 4 heterocycles. The van der Waals surface area contributed by atoms with Crippen LogP contribution in [0.1, 0.15) is 23.2 Å². The van der Waals surface area contributed by atoms with Crippen LogP contribution in [0.5, 0.6) is 5.75 Å². The molecule has 0 aliphatic carbocycles. The molecule has 7 nitrogen and oxygen atoms in total. The van der Waals surface area contributed by atoms with Gasteiger partial charge in [0, 0.05) is 60.8 Å². The van der Waals surface area contributed by atoms with Crippen molar-refractivity contribution < 1.29 is 14.6 Å². The van der Waals surface area contributed by atoms with Crippen molar-refractivity contribution >= 4 is 28.4 Å². The number of carbonyl (C=O) groups is 1. The number of nitrogens with zero attached hydrogens (tertiary/aromatic N) is 3. The number of pyridine rings is 2. The Morgan fingerprint density at radius 3 is 2.88 bits per heavy atom. The maximum atomic E-state index is 11.5. The van der Waals surface area contributed by atoms with Crippen molar-refractivity contribution in [2.24, 2.45) is 0 Å². The van der Waals surface area contributed by atoms with E-state index in [1.54, 1.807) is 12.4 Å². The number of carboxylic acids is 1. The van der Waals surface area contributed by atoms with Gasteiger partial charge >= 0.3 is 5.97 Å². The average Bonchev–Trinajstić information content (AvgIpc) is 3.27. The van der Waals surface area contributed by atoms with Gasteiger partial charge in [0.15, 0.2) is 0 Å². The largest absolute Gasteiger partial charge is 0.493 e. The van der Waals surface area contributed by atoms with E-state index in [1.165, 1.54) is 11.6 Å². The van der Waals surface area contributed by atoms with Crippen LogP contribution < -0.4 is 10.1 Å². The van der Waals surface area contributed by atoms with E-state index in [2.05, 4.69) is 22.4 Å². The molecule has 0 radical (unpaired) electrons. The molecule has 0 saturated carbocycles. The second-order valence-electron chi connectivity index (χ2n) is 8.35. The van der Waals surface area contributed by atoms with Gasteiger partial charge in [-0.05, 0) is 66.4 Å². The first-order chi connectivity index (χ1) is 16.7. The number of hydrogen-bond donors (Lipinski definition) is 2. The maximum absolute atomic E-state index is 11.5. The Morgan fingerprint density at radius 1 is 1.15 bits per heavy atom. The molecule has 0 amide bonds. The van der Waals surface area contributed by atoms with Crippen molar-refractivity contribution in [2.45, 2.75) is 25.7 Å². The number of anilines is 1. The smallest absolute Gasteiger partial charge is 0.330 e. The highest BCUT2D eigenvalue weighted by molar-refractivity contribution is 5.90. The molecule has 0 unspecified atom stereocenters. The first-order valence-corrected chi connectivity index (χ1v) is 11.4. The van der Waals surface area contributed by atoms with Gasteiger partial charge in [-0.15, -0.1) is 0 Å². The van der Waals surface area contributed by atoms with E-state index in [0.717, 1.165) is 59.5 Å². The third-order valence-electron chi connectivity index (χ3n) is 5.97. The Balaban J connectivity index is 1.29. The van der Waals surface area contributed by atoms with Gasteiger partial charge in [0.2, 0.25) is 0 Å². The molecule has 0 atom stereocenters. The number of hydrogen-bond acceptors (Lipinski definition) is 5. The lowest BCUT2D eigenvalue weighted by Gasteiger charge is -2.17. The van der Waals surface area contributed by atoms with E-state index >= 15 is 0 Å². The van der Waals surface area contributed by atoms with Crippen molar-refractivity contribution in [3.05, 3.63) is 90.0 Å². The zero-order chi connectivity index (χ0) is 23.3. The highest BCUT2D eigenvalue weighted by Gasteiger charge is 2.12. The van der Waals surface area contributed by atoms with E-state index in [9.17, 15) is 9.90 Å². The van der Waals surface area contributed by atoms with Crippen LogP contribution in [-0.4, -0.2) is 38.8 Å². The number of rotatable bonds is 8. The van der Waals surface area contributed by atoms with Crippen LogP contribution in [0, 0.1) is 0 Å². The van der Waals surface area contributed by atoms with Crippen LogP contribution in [0.2, 0.25) is 0 Å². The number of aliphatic carboxylic acids is 1. The number of carboxylic acid groups (broad SMARTS) is 1. The molecular formula is C27H26N4O3. The molecule has 4 aromatic rings. The van der Waals surface area contributed by atoms with Gasteiger partial charge < -0.3 is 19.7 Å². The fraction of sp³-hybridized carbons (Fsp3) is 0.222. The minimum atomic E-state index is -0.975. The molecule has 0 spiro atoms. The fourth-order valence-electron chi connectivity index (χ4n) is 4.30. The summed E-state index contributed by atoms with van der Waals surface area (Å²) in [7, 11) is 0. The summed E-state index contributed by atoms with van der Waals surface area (Å²) in [6.45, 7) is 1.51. The Morgan fingerprint density at radius 2 is 2.03 bits per heavy atom. The minimum Gasteiger partial charge on any atom is -0.493 e. The molecule has 7 heteroatoms. The van der Waals surface area contributed by atoms with Gasteiger partial charge in [-0.3, -0.25) is 4.98 Å². The van der Waals surface area contributed by atoms with E-state index in [1.807, 2.05) is 47.2 Å². The zero-order valence-electron chi connectivity index (χ0n) is 18.8. The lowest BCUT2D eigenvalue weighted by atomic mass is 10.1. The Labute approximate surface area is 197 Å². The quantitative estimate of drug-likeness (QED) is 0.379. The fourth-order valence-corrected chi connectivity index (χ4v) is 4.30. The van der Waals surface area contributed by atoms with Crippen molar-refractivity contribution in [1.29, 1.82) is 0 Å². The second kappa shape index (κ2) is 9.79. The third-order valence-corrected chi connectivity index (χ3v) is 5.97. The van der Waals surface area contributed by atoms with Gasteiger partial charge in [0.25, 0.3) is 0 Å². The van der Waals surface area contributed by atoms with Crippen LogP contribution in [0.3, 0.4) is 0 Å². The monoisotopic (exact) mass is 454 g/mol. The molecule has 3 aromatic heterocycles. The number of allylic oxidation sites excluding steroid dienone is 1. The number of ether oxygens (including phenoxy) is 1. The summed E-state index contributed by atoms with van der Waals surface area (Å²) in [5.74, 6) is 0.805. The molecule has 1 aromatic carbocycles. The molecule has 0 fully saturated rings. The molecule has 172 valence electrons. The topological polar surface area (TPSA) is 89.3 Å². The van der Waals surface area contributed by atoms with Gasteiger partial charge in [0.1, 0.15) is 11.6 Å². The number of aromatic nitrogens is 3. The Bertz CT molecular complexity index is 1340. The number of fused-ring (bicyclic) bond motifs is 2. The normalized spacial score (nSPS) is 13.4. The van der Waals surface area contributed by atoms with E-state index in [0.29, 0.717) is 18.7 Å². The Hall–Kier alpha value is -4.13. The summed E-state index contributed by atoms with van der Waals surface area (Å²) in [5.41, 5.74) is 4.90. The molecule has 2 N–H and O–H groups in total. The lowest BCUT2D eigenvalue weighted by Crippen LogP contribution is -2.14. The number of benzene rings is 1. The molecular weight excluding hydrogens is 428 g/mol. The highest BCUT2D eigenvalue weighted by Crippen LogP contribution is 2.26. The number of nitrogens with one attached hydrogen (secondary N) is 1. The van der Waals surface area contributed by atoms with Gasteiger partial charge in [-0.25, -0.2) is 9.78 Å². The molecule has 34 heavy (non-hydrogen) atoms. The number of aryl methyl sites for hydroxylation is 1. The summed E-state index contributed by atoms with van der Waals surface area (Å²) in [5, 5.41) is 13.8. The second-order valence-corrected chi connectivity index (χ2v) is 8.35. The first-order valence-electron chi connectivity index (χ1n) is 11.4. The van der Waals surface area contributed by atoms with E-state index in [4.69, 9.17) is 9.72 Å². The van der Waals surface area contributed by atoms with E-state index < -0.39 is 5.97 Å². The van der Waals surface area contributed by atoms with Crippen molar-refractivity contribution in [3.8, 4) is 5.75 Å². The summed E-state index contributed by atoms with van der Waals surface area (Å²) >= 11 is 0. The van der Waals surface area contributed by atoms with Gasteiger partial charge in [-0.1, -0.05) is 6.07 Å². The highest BCUT2D eigenvalue weighted by atomic mass is 16.5. The zero-order valence-corrected chi connectivity index (χ0v) is 18.8. The van der Waals surface area contributed by atoms with Crippen LogP contribution in [-0.2, 0) is 24.1 Å². The first kappa shape index (κ1) is 21.7. The summed E-state index contributed by atoms with van der Waals surface area (Å²) in [6, 6.07) is 15.9. The van der Waals surface area contributed by atoms with Gasteiger partial charge in [-0.2, -0.15) is 0 Å². The van der Waals surface area contributed by atoms with Crippen LogP contribution >= 0.6 is 0 Å². The maximum Gasteiger partial charge on any atom is 0.330 e. The predicted molar refractivity (Wildman–Crippen MR) is 132 cm³/mol. The summed E-state index contributed by atoms with van der Waals surface area (Å²) in [6.07, 6.45) is 10.0. The molecule has 1 aliphatic rings. The third kappa shape index (κ3) is 4.93. The van der Waals surface area contributed by atoms with Crippen LogP contribution in [0.4, 0.5) is 5.82 Å². The van der Waals surface area contributed by atoms with Crippen molar-refractivity contribution in [3.63, 3.8) is 0 Å². The summed E-state index contributed by atoms with van der Waals surface area (Å²) in [4.78, 5) is 20.2. The molecule has 0 bridgehead atoms. The van der Waals surface area contributed by atoms with Crippen LogP contribution in [0.15, 0.2) is 73.2 Å². The van der Waals surface area contributed by atoms with Crippen molar-refractivity contribution in [2.75, 3.05) is 18.5 Å². The summed E-state index contributed by atoms with van der Waals surface area (Å²) < 4.78 is 7.92. The van der Waals surface area contributed by atoms with Gasteiger partial charge in [0.05, 0.1) is 12.1 Å². The van der Waals surface area contributed by atoms with Crippen molar-refractivity contribution in [1.82, 2.24) is 14.5 Å². The lowest BCUT2D eigenvalue weighted by molar-refractivity contribution is -0.131. The molecule has 0 saturated heterocycles. The predicted octanol–water partition coefficient (Wildman–Crippen LogP) is 4.58. The van der Waals surface area contributed by atoms with E-state index in [-0.39, 0.29) is 0 Å². The minimum absolute atomic E-state index is 0.486. The molecule has 5 rings (SSSR count). The standard InChI is InChI=1S/C27H26N4O3/c32-26(33)18-23(16-19-7-12-28-13-8-19)31-14-9-21-17-24(5-6-25(21)31)34-15-10-22-4-3-20-2-1-11-29-27(20)30-22/h3-9,12-14,17-18H,1-2,10-11,15-16H2,(H,29,30)(H,32,33)/b23-18+. The SMILES string of the molecule is O=C(O)/C=C(\Cc1ccncc1)n1ccc2cc(OCCc3ccc4c(n3)NCCC4)ccc21. The van der Waals surface area contributed by atoms with Crippen LogP contribution in [0.25, 0.3) is 16.6 Å². The Kier molecular flexibility index (Phi) is 6.25. The average molecular weight is 455 g/mol.